The first kappa shape index (κ1) is 13.2. The van der Waals surface area contributed by atoms with Gasteiger partial charge in [-0.1, -0.05) is 28.1 Å². The summed E-state index contributed by atoms with van der Waals surface area (Å²) in [5.74, 6) is -0.394. The Morgan fingerprint density at radius 1 is 1.55 bits per heavy atom. The molecule has 3 rings (SSSR count). The van der Waals surface area contributed by atoms with Crippen LogP contribution in [0.2, 0.25) is 0 Å². The van der Waals surface area contributed by atoms with Crippen LogP contribution in [0.4, 0.5) is 5.69 Å². The molecule has 0 saturated heterocycles. The minimum atomic E-state index is -0.394. The summed E-state index contributed by atoms with van der Waals surface area (Å²) in [6, 6.07) is 6.57. The summed E-state index contributed by atoms with van der Waals surface area (Å²) >= 11 is 3.60. The van der Waals surface area contributed by atoms with Crippen molar-refractivity contribution in [2.75, 3.05) is 5.32 Å². The Morgan fingerprint density at radius 2 is 2.40 bits per heavy atom. The van der Waals surface area contributed by atoms with E-state index in [-0.39, 0.29) is 12.6 Å². The second kappa shape index (κ2) is 5.28. The minimum Gasteiger partial charge on any atom is -0.376 e. The molecule has 0 fully saturated rings. The van der Waals surface area contributed by atoms with E-state index in [1.165, 1.54) is 15.6 Å². The van der Waals surface area contributed by atoms with Gasteiger partial charge in [-0.25, -0.2) is 0 Å². The quantitative estimate of drug-likeness (QED) is 0.900. The Morgan fingerprint density at radius 3 is 3.20 bits per heavy atom. The molecule has 1 aromatic carbocycles. The molecule has 0 spiro atoms. The molecule has 0 radical (unpaired) electrons. The molecule has 1 atom stereocenters. The van der Waals surface area contributed by atoms with Gasteiger partial charge in [-0.2, -0.15) is 5.10 Å². The summed E-state index contributed by atoms with van der Waals surface area (Å²) in [5, 5.41) is 7.58. The maximum atomic E-state index is 10.9. The lowest BCUT2D eigenvalue weighted by Gasteiger charge is -2.13. The van der Waals surface area contributed by atoms with E-state index < -0.39 is 5.91 Å². The highest BCUT2D eigenvalue weighted by Gasteiger charge is 2.24. The number of hydrogen-bond donors (Lipinski definition) is 2. The van der Waals surface area contributed by atoms with E-state index >= 15 is 0 Å². The number of anilines is 1. The zero-order valence-corrected chi connectivity index (χ0v) is 12.4. The normalized spacial score (nSPS) is 16.9. The van der Waals surface area contributed by atoms with Gasteiger partial charge in [-0.15, -0.1) is 0 Å². The second-order valence-electron chi connectivity index (χ2n) is 4.94. The molecule has 104 valence electrons. The summed E-state index contributed by atoms with van der Waals surface area (Å²) in [5.41, 5.74) is 8.75. The van der Waals surface area contributed by atoms with Crippen LogP contribution in [0.15, 0.2) is 35.1 Å². The van der Waals surface area contributed by atoms with Crippen molar-refractivity contribution in [2.45, 2.75) is 25.4 Å². The fourth-order valence-corrected chi connectivity index (χ4v) is 3.22. The average molecular weight is 335 g/mol. The monoisotopic (exact) mass is 334 g/mol. The Labute approximate surface area is 125 Å². The molecule has 1 aromatic heterocycles. The SMILES string of the molecule is NC(=O)Cn1cc(NC2CCc3c(Br)cccc32)cn1. The van der Waals surface area contributed by atoms with Crippen LogP contribution in [0.25, 0.3) is 0 Å². The number of aromatic nitrogens is 2. The third kappa shape index (κ3) is 2.56. The molecule has 2 aromatic rings. The molecule has 1 heterocycles. The number of nitrogens with zero attached hydrogens (tertiary/aromatic N) is 2. The summed E-state index contributed by atoms with van der Waals surface area (Å²) < 4.78 is 2.71. The topological polar surface area (TPSA) is 72.9 Å². The lowest BCUT2D eigenvalue weighted by atomic mass is 10.1. The summed E-state index contributed by atoms with van der Waals surface area (Å²) in [7, 11) is 0. The van der Waals surface area contributed by atoms with Crippen LogP contribution in [0.5, 0.6) is 0 Å². The highest BCUT2D eigenvalue weighted by molar-refractivity contribution is 9.10. The summed E-state index contributed by atoms with van der Waals surface area (Å²) in [6.45, 7) is 0.106. The van der Waals surface area contributed by atoms with Gasteiger partial charge in [0.15, 0.2) is 0 Å². The zero-order valence-electron chi connectivity index (χ0n) is 10.8. The third-order valence-electron chi connectivity index (χ3n) is 3.51. The lowest BCUT2D eigenvalue weighted by Crippen LogP contribution is -2.18. The number of nitrogens with one attached hydrogen (secondary N) is 1. The predicted molar refractivity (Wildman–Crippen MR) is 80.2 cm³/mol. The van der Waals surface area contributed by atoms with Crippen molar-refractivity contribution in [3.05, 3.63) is 46.2 Å². The summed E-state index contributed by atoms with van der Waals surface area (Å²) in [4.78, 5) is 10.9. The van der Waals surface area contributed by atoms with Crippen molar-refractivity contribution in [3.8, 4) is 0 Å². The van der Waals surface area contributed by atoms with Crippen LogP contribution < -0.4 is 11.1 Å². The first-order chi connectivity index (χ1) is 9.63. The first-order valence-corrected chi connectivity index (χ1v) is 7.27. The van der Waals surface area contributed by atoms with E-state index in [1.54, 1.807) is 17.1 Å². The van der Waals surface area contributed by atoms with Gasteiger partial charge in [0.1, 0.15) is 6.54 Å². The van der Waals surface area contributed by atoms with E-state index in [9.17, 15) is 4.79 Å². The van der Waals surface area contributed by atoms with E-state index in [1.807, 2.05) is 0 Å². The van der Waals surface area contributed by atoms with Gasteiger partial charge in [0.05, 0.1) is 17.9 Å². The Hall–Kier alpha value is -1.82. The highest BCUT2D eigenvalue weighted by Crippen LogP contribution is 2.37. The van der Waals surface area contributed by atoms with E-state index in [2.05, 4.69) is 44.5 Å². The fraction of sp³-hybridized carbons (Fsp3) is 0.286. The van der Waals surface area contributed by atoms with Gasteiger partial charge >= 0.3 is 0 Å². The zero-order chi connectivity index (χ0) is 14.1. The number of carbonyl (C=O) groups is 1. The number of amides is 1. The van der Waals surface area contributed by atoms with Gasteiger partial charge in [-0.3, -0.25) is 9.48 Å². The lowest BCUT2D eigenvalue weighted by molar-refractivity contribution is -0.118. The van der Waals surface area contributed by atoms with Crippen LogP contribution in [-0.4, -0.2) is 15.7 Å². The molecule has 6 heteroatoms. The number of nitrogens with two attached hydrogens (primary N) is 1. The van der Waals surface area contributed by atoms with Crippen molar-refractivity contribution in [1.82, 2.24) is 9.78 Å². The number of primary amides is 1. The largest absolute Gasteiger partial charge is 0.376 e. The van der Waals surface area contributed by atoms with Crippen molar-refractivity contribution in [1.29, 1.82) is 0 Å². The van der Waals surface area contributed by atoms with Crippen molar-refractivity contribution in [3.63, 3.8) is 0 Å². The molecule has 1 amide bonds. The highest BCUT2D eigenvalue weighted by atomic mass is 79.9. The molecule has 1 aliphatic carbocycles. The Bertz CT molecular complexity index is 652. The molecule has 1 unspecified atom stereocenters. The maximum absolute atomic E-state index is 10.9. The van der Waals surface area contributed by atoms with Crippen LogP contribution in [-0.2, 0) is 17.8 Å². The van der Waals surface area contributed by atoms with Crippen LogP contribution in [0, 0.1) is 0 Å². The third-order valence-corrected chi connectivity index (χ3v) is 4.25. The number of fused-ring (bicyclic) bond motifs is 1. The number of rotatable bonds is 4. The molecule has 0 aliphatic heterocycles. The Balaban J connectivity index is 1.76. The number of hydrogen-bond acceptors (Lipinski definition) is 3. The fourth-order valence-electron chi connectivity index (χ4n) is 2.65. The standard InChI is InChI=1S/C14H15BrN4O/c15-12-3-1-2-11-10(12)4-5-13(11)18-9-6-17-19(7-9)8-14(16)20/h1-3,6-7,13,18H,4-5,8H2,(H2,16,20). The molecule has 5 nitrogen and oxygen atoms in total. The van der Waals surface area contributed by atoms with Crippen molar-refractivity contribution >= 4 is 27.5 Å². The minimum absolute atomic E-state index is 0.106. The van der Waals surface area contributed by atoms with E-state index in [4.69, 9.17) is 5.73 Å². The maximum Gasteiger partial charge on any atom is 0.239 e. The van der Waals surface area contributed by atoms with Crippen LogP contribution >= 0.6 is 15.9 Å². The van der Waals surface area contributed by atoms with Gasteiger partial charge < -0.3 is 11.1 Å². The van der Waals surface area contributed by atoms with Gasteiger partial charge in [0, 0.05) is 10.7 Å². The van der Waals surface area contributed by atoms with Crippen molar-refractivity contribution < 1.29 is 4.79 Å². The molecular weight excluding hydrogens is 320 g/mol. The molecular formula is C14H15BrN4O. The number of halogens is 1. The van der Waals surface area contributed by atoms with E-state index in [0.29, 0.717) is 0 Å². The first-order valence-electron chi connectivity index (χ1n) is 6.48. The van der Waals surface area contributed by atoms with Gasteiger partial charge in [0.2, 0.25) is 5.91 Å². The predicted octanol–water partition coefficient (Wildman–Crippen LogP) is 2.23. The second-order valence-corrected chi connectivity index (χ2v) is 5.79. The number of carbonyl (C=O) groups excluding carboxylic acids is 1. The molecule has 3 N–H and O–H groups in total. The number of benzene rings is 1. The average Bonchev–Trinajstić information content (AvgIpc) is 2.98. The van der Waals surface area contributed by atoms with Crippen LogP contribution in [0.1, 0.15) is 23.6 Å². The molecule has 20 heavy (non-hydrogen) atoms. The van der Waals surface area contributed by atoms with E-state index in [0.717, 1.165) is 18.5 Å². The van der Waals surface area contributed by atoms with Crippen molar-refractivity contribution in [2.24, 2.45) is 5.73 Å². The van der Waals surface area contributed by atoms with Crippen LogP contribution in [0.3, 0.4) is 0 Å². The molecule has 1 aliphatic rings. The molecule has 0 bridgehead atoms. The summed E-state index contributed by atoms with van der Waals surface area (Å²) in [6.07, 6.45) is 5.64. The van der Waals surface area contributed by atoms with Gasteiger partial charge in [0.25, 0.3) is 0 Å². The molecule has 0 saturated carbocycles. The van der Waals surface area contributed by atoms with Gasteiger partial charge in [-0.05, 0) is 30.0 Å². The smallest absolute Gasteiger partial charge is 0.239 e. The Kier molecular flexibility index (Phi) is 3.48.